The second-order valence-corrected chi connectivity index (χ2v) is 27.3. The van der Waals surface area contributed by atoms with Crippen molar-refractivity contribution < 1.29 is 28.4 Å². The van der Waals surface area contributed by atoms with Gasteiger partial charge < -0.3 is 28.4 Å². The fourth-order valence-electron chi connectivity index (χ4n) is 9.12. The maximum absolute atomic E-state index is 6.70. The quantitative estimate of drug-likeness (QED) is 0.324. The molecule has 18 nitrogen and oxygen atoms in total. The molecule has 7 fully saturated rings. The summed E-state index contributed by atoms with van der Waals surface area (Å²) in [5.74, 6) is 0.301. The van der Waals surface area contributed by atoms with Crippen molar-refractivity contribution in [1.82, 2.24) is 37.4 Å². The maximum Gasteiger partial charge on any atom is 0.221 e. The van der Waals surface area contributed by atoms with E-state index in [-0.39, 0.29) is 0 Å². The summed E-state index contributed by atoms with van der Waals surface area (Å²) in [6.07, 6.45) is 10.1. The Labute approximate surface area is 334 Å². The molecule has 1 aliphatic carbocycles. The van der Waals surface area contributed by atoms with Crippen LogP contribution < -0.4 is 0 Å². The van der Waals surface area contributed by atoms with E-state index in [2.05, 4.69) is 68.7 Å². The predicted molar refractivity (Wildman–Crippen MR) is 222 cm³/mol. The average molecular weight is 861 g/mol. The first-order valence-corrected chi connectivity index (χ1v) is 27.3. The zero-order valence-corrected chi connectivity index (χ0v) is 36.9. The molecule has 7 saturated heterocycles. The van der Waals surface area contributed by atoms with Crippen molar-refractivity contribution in [3.05, 3.63) is 24.3 Å². The number of ether oxygens (including phenoxy) is 6. The van der Waals surface area contributed by atoms with Gasteiger partial charge in [0.1, 0.15) is 0 Å². The van der Waals surface area contributed by atoms with Crippen molar-refractivity contribution in [3.8, 4) is 0 Å². The van der Waals surface area contributed by atoms with Gasteiger partial charge in [-0.2, -0.15) is 18.1 Å². The average Bonchev–Trinajstić information content (AvgIpc) is 3.79. The van der Waals surface area contributed by atoms with E-state index in [4.69, 9.17) is 46.5 Å². The molecule has 56 heavy (non-hydrogen) atoms. The van der Waals surface area contributed by atoms with Crippen LogP contribution in [0.15, 0.2) is 42.4 Å². The molecule has 8 aliphatic heterocycles. The normalized spacial score (nSPS) is 33.9. The molecule has 316 valence electrons. The second-order valence-electron chi connectivity index (χ2n) is 15.5. The molecule has 1 unspecified atom stereocenters. The first kappa shape index (κ1) is 41.2. The maximum atomic E-state index is 6.70. The molecule has 8 heterocycles. The summed E-state index contributed by atoms with van der Waals surface area (Å²) in [5, 5.41) is 0. The van der Waals surface area contributed by atoms with Gasteiger partial charge in [0.05, 0.1) is 79.3 Å². The van der Waals surface area contributed by atoms with Crippen molar-refractivity contribution in [1.29, 1.82) is 0 Å². The molecule has 0 amide bonds. The first-order chi connectivity index (χ1) is 27.6. The number of hydrogen-bond acceptors (Lipinski definition) is 18. The Hall–Kier alpha value is -0.160. The smallest absolute Gasteiger partial charge is 0.221 e. The van der Waals surface area contributed by atoms with Crippen molar-refractivity contribution in [2.45, 2.75) is 6.42 Å². The summed E-state index contributed by atoms with van der Waals surface area (Å²) in [6, 6.07) is 0. The molecule has 0 N–H and O–H groups in total. The van der Waals surface area contributed by atoms with Gasteiger partial charge in [-0.3, -0.25) is 0 Å². The Bertz CT molecular complexity index is 1540. The van der Waals surface area contributed by atoms with E-state index < -0.39 is 30.0 Å². The zero-order valence-electron chi connectivity index (χ0n) is 33.3. The molecule has 0 aromatic carbocycles. The van der Waals surface area contributed by atoms with Gasteiger partial charge >= 0.3 is 0 Å². The van der Waals surface area contributed by atoms with Crippen LogP contribution in [0.2, 0.25) is 0 Å². The van der Waals surface area contributed by atoms with Gasteiger partial charge in [-0.25, -0.2) is 37.4 Å². The Kier molecular flexibility index (Phi) is 13.6. The highest BCUT2D eigenvalue weighted by Gasteiger charge is 2.53. The lowest BCUT2D eigenvalue weighted by molar-refractivity contribution is 0.0539. The largest absolute Gasteiger partial charge is 0.379 e. The highest BCUT2D eigenvalue weighted by molar-refractivity contribution is 7.83. The van der Waals surface area contributed by atoms with Crippen LogP contribution in [0.4, 0.5) is 0 Å². The minimum Gasteiger partial charge on any atom is -0.379 e. The Morgan fingerprint density at radius 2 is 0.696 bits per heavy atom. The number of morpholine rings is 6. The number of nitrogens with zero attached hydrogens (tertiary/aromatic N) is 12. The van der Waals surface area contributed by atoms with Crippen molar-refractivity contribution in [2.75, 3.05) is 185 Å². The summed E-state index contributed by atoms with van der Waals surface area (Å²) < 4.78 is 84.7. The lowest BCUT2D eigenvalue weighted by Crippen LogP contribution is -2.47. The molecule has 9 rings (SSSR count). The molecule has 0 aromatic heterocycles. The standard InChI is InChI=1S/C34H64N12O6P4/c1-39-7-4-8-46(33-34-5-2-3-6-34)53(39)35-54(40-9-21-47-22-10-40,41-11-23-48-24-12-41)37-56(44-17-29-51-30-18-44,45-19-31-52-32-20-45)38-55(36-53,42-13-25-49-26-14-42)43-15-27-50-28-16-43/h2-3,5-6,34H,4,7-33H2,1H3. The van der Waals surface area contributed by atoms with Crippen LogP contribution in [0, 0.1) is 5.92 Å². The molecule has 0 aromatic rings. The molecule has 1 atom stereocenters. The van der Waals surface area contributed by atoms with E-state index in [0.29, 0.717) is 85.2 Å². The molecule has 0 radical (unpaired) electrons. The fraction of sp³-hybridized carbons (Fsp3) is 0.882. The van der Waals surface area contributed by atoms with Crippen LogP contribution in [-0.2, 0) is 28.4 Å². The fourth-order valence-corrected chi connectivity index (χ4v) is 30.5. The summed E-state index contributed by atoms with van der Waals surface area (Å²) in [7, 11) is -9.43. The summed E-state index contributed by atoms with van der Waals surface area (Å²) >= 11 is 0. The lowest BCUT2D eigenvalue weighted by atomic mass is 10.2. The molecule has 9 aliphatic rings. The van der Waals surface area contributed by atoms with Crippen LogP contribution in [0.25, 0.3) is 0 Å². The van der Waals surface area contributed by atoms with E-state index >= 15 is 0 Å². The Morgan fingerprint density at radius 1 is 0.411 bits per heavy atom. The molecule has 22 heteroatoms. The summed E-state index contributed by atoms with van der Waals surface area (Å²) in [4.78, 5) is 0. The van der Waals surface area contributed by atoms with E-state index in [1.165, 1.54) is 0 Å². The Morgan fingerprint density at radius 3 is 1.02 bits per heavy atom. The molecular formula is C34H64N12O6P4. The summed E-state index contributed by atoms with van der Waals surface area (Å²) in [5.41, 5.74) is 0. The predicted octanol–water partition coefficient (Wildman–Crippen LogP) is 4.16. The van der Waals surface area contributed by atoms with E-state index in [0.717, 1.165) is 105 Å². The van der Waals surface area contributed by atoms with Crippen LogP contribution in [-0.4, -0.2) is 222 Å². The van der Waals surface area contributed by atoms with Gasteiger partial charge in [0.2, 0.25) is 30.0 Å². The van der Waals surface area contributed by atoms with Crippen LogP contribution >= 0.6 is 30.0 Å². The monoisotopic (exact) mass is 860 g/mol. The minimum absolute atomic E-state index is 0.301. The Balaban J connectivity index is 1.43. The van der Waals surface area contributed by atoms with Gasteiger partial charge in [-0.05, 0) is 13.5 Å². The molecule has 0 saturated carbocycles. The van der Waals surface area contributed by atoms with Crippen molar-refractivity contribution in [3.63, 3.8) is 0 Å². The van der Waals surface area contributed by atoms with Gasteiger partial charge in [-0.15, -0.1) is 0 Å². The van der Waals surface area contributed by atoms with Crippen LogP contribution in [0.3, 0.4) is 0 Å². The molecule has 1 spiro atoms. The van der Waals surface area contributed by atoms with Gasteiger partial charge in [-0.1, -0.05) is 24.3 Å². The number of rotatable bonds is 8. The highest BCUT2D eigenvalue weighted by atomic mass is 31.3. The van der Waals surface area contributed by atoms with Gasteiger partial charge in [0.15, 0.2) is 0 Å². The summed E-state index contributed by atoms with van der Waals surface area (Å²) in [6.45, 7) is 19.9. The number of hydrogen-bond donors (Lipinski definition) is 0. The highest BCUT2D eigenvalue weighted by Crippen LogP contribution is 2.84. The second kappa shape index (κ2) is 18.4. The third-order valence-electron chi connectivity index (χ3n) is 12.1. The first-order valence-electron chi connectivity index (χ1n) is 20.9. The van der Waals surface area contributed by atoms with Crippen LogP contribution in [0.5, 0.6) is 0 Å². The van der Waals surface area contributed by atoms with E-state index in [1.807, 2.05) is 0 Å². The van der Waals surface area contributed by atoms with E-state index in [9.17, 15) is 0 Å². The molecular weight excluding hydrogens is 796 g/mol. The number of allylic oxidation sites excluding steroid dienone is 2. The topological polar surface area (TPSA) is 131 Å². The minimum atomic E-state index is -2.96. The third-order valence-corrected chi connectivity index (χ3v) is 29.0. The van der Waals surface area contributed by atoms with Crippen LogP contribution in [0.1, 0.15) is 6.42 Å². The van der Waals surface area contributed by atoms with Crippen molar-refractivity contribution >= 4 is 30.0 Å². The third kappa shape index (κ3) is 8.03. The molecule has 0 bridgehead atoms. The lowest BCUT2D eigenvalue weighted by Gasteiger charge is -2.55. The van der Waals surface area contributed by atoms with Crippen molar-refractivity contribution in [2.24, 2.45) is 24.0 Å². The van der Waals surface area contributed by atoms with E-state index in [1.54, 1.807) is 0 Å². The van der Waals surface area contributed by atoms with Gasteiger partial charge in [0, 0.05) is 104 Å². The zero-order chi connectivity index (χ0) is 37.9. The van der Waals surface area contributed by atoms with Gasteiger partial charge in [0.25, 0.3) is 0 Å². The SMILES string of the molecule is CN1CCCN(CC2C=CC=C2)P12=NP(N1CCOCC1)(N1CCOCC1)=NP(N1CCOCC1)(N1CCOCC1)=NP(N1CCOCC1)(N1CCOCC1)=N2.